The van der Waals surface area contributed by atoms with Gasteiger partial charge in [0.25, 0.3) is 5.91 Å². The topological polar surface area (TPSA) is 81.3 Å². The third-order valence-electron chi connectivity index (χ3n) is 4.45. The molecule has 30 heavy (non-hydrogen) atoms. The molecule has 3 rings (SSSR count). The van der Waals surface area contributed by atoms with E-state index >= 15 is 0 Å². The molecule has 0 saturated carbocycles. The van der Waals surface area contributed by atoms with Crippen LogP contribution in [0.4, 0.5) is 4.39 Å². The van der Waals surface area contributed by atoms with Gasteiger partial charge in [-0.3, -0.25) is 9.79 Å². The van der Waals surface area contributed by atoms with E-state index in [9.17, 15) is 9.18 Å². The van der Waals surface area contributed by atoms with Gasteiger partial charge in [0.1, 0.15) is 5.82 Å². The van der Waals surface area contributed by atoms with Crippen LogP contribution in [0, 0.1) is 5.82 Å². The maximum atomic E-state index is 13.3. The van der Waals surface area contributed by atoms with Gasteiger partial charge in [0, 0.05) is 54.4 Å². The molecule has 6 nitrogen and oxygen atoms in total. The number of H-pyrrole nitrogens is 1. The van der Waals surface area contributed by atoms with Crippen LogP contribution < -0.4 is 16.0 Å². The summed E-state index contributed by atoms with van der Waals surface area (Å²) >= 11 is 5.82. The summed E-state index contributed by atoms with van der Waals surface area (Å²) in [6, 6.07) is 11.5. The largest absolute Gasteiger partial charge is 0.361 e. The first-order valence-corrected chi connectivity index (χ1v) is 9.68. The molecular formula is C21H24ClFIN5O. The number of nitrogens with zero attached hydrogens (tertiary/aromatic N) is 1. The highest BCUT2D eigenvalue weighted by molar-refractivity contribution is 14.0. The number of halogens is 3. The highest BCUT2D eigenvalue weighted by Crippen LogP contribution is 2.19. The van der Waals surface area contributed by atoms with Crippen molar-refractivity contribution >= 4 is 58.3 Å². The molecule has 3 aromatic rings. The van der Waals surface area contributed by atoms with Crippen LogP contribution in [0.25, 0.3) is 10.9 Å². The smallest absolute Gasteiger partial charge is 0.251 e. The van der Waals surface area contributed by atoms with Crippen LogP contribution in [0.5, 0.6) is 0 Å². The van der Waals surface area contributed by atoms with Crippen molar-refractivity contribution in [2.75, 3.05) is 26.7 Å². The maximum absolute atomic E-state index is 13.3. The van der Waals surface area contributed by atoms with Crippen LogP contribution in [0.15, 0.2) is 53.7 Å². The van der Waals surface area contributed by atoms with Crippen molar-refractivity contribution in [2.45, 2.75) is 6.42 Å². The van der Waals surface area contributed by atoms with E-state index in [1.807, 2.05) is 6.20 Å². The Hall–Kier alpha value is -2.33. The zero-order chi connectivity index (χ0) is 20.6. The fourth-order valence-corrected chi connectivity index (χ4v) is 3.09. The van der Waals surface area contributed by atoms with Gasteiger partial charge in [0.05, 0.1) is 0 Å². The molecule has 160 valence electrons. The van der Waals surface area contributed by atoms with Gasteiger partial charge in [-0.25, -0.2) is 4.39 Å². The summed E-state index contributed by atoms with van der Waals surface area (Å²) in [5.41, 5.74) is 2.47. The number of guanidine groups is 1. The Labute approximate surface area is 196 Å². The second kappa shape index (κ2) is 11.8. The molecule has 1 aromatic heterocycles. The second-order valence-corrected chi connectivity index (χ2v) is 6.88. The van der Waals surface area contributed by atoms with Gasteiger partial charge in [-0.1, -0.05) is 11.6 Å². The molecule has 0 aliphatic heterocycles. The Morgan fingerprint density at radius 2 is 1.77 bits per heavy atom. The number of amides is 1. The number of hydrogen-bond donors (Lipinski definition) is 4. The van der Waals surface area contributed by atoms with Gasteiger partial charge in [0.15, 0.2) is 5.96 Å². The lowest BCUT2D eigenvalue weighted by Gasteiger charge is -2.12. The van der Waals surface area contributed by atoms with Gasteiger partial charge in [-0.15, -0.1) is 24.0 Å². The van der Waals surface area contributed by atoms with Gasteiger partial charge in [-0.2, -0.15) is 0 Å². The van der Waals surface area contributed by atoms with Crippen molar-refractivity contribution in [3.05, 3.63) is 70.6 Å². The first-order valence-electron chi connectivity index (χ1n) is 9.30. The molecule has 0 fully saturated rings. The minimum atomic E-state index is -0.253. The molecule has 0 saturated heterocycles. The average Bonchev–Trinajstić information content (AvgIpc) is 3.12. The minimum absolute atomic E-state index is 0. The molecule has 0 atom stereocenters. The molecule has 1 amide bonds. The molecule has 4 N–H and O–H groups in total. The first kappa shape index (κ1) is 23.9. The van der Waals surface area contributed by atoms with Crippen molar-refractivity contribution in [3.8, 4) is 0 Å². The number of hydrogen-bond acceptors (Lipinski definition) is 2. The average molecular weight is 544 g/mol. The summed E-state index contributed by atoms with van der Waals surface area (Å²) in [5.74, 6) is 0.246. The molecule has 0 aliphatic carbocycles. The van der Waals surface area contributed by atoms with Gasteiger partial charge >= 0.3 is 0 Å². The molecule has 1 heterocycles. The molecule has 0 radical (unpaired) electrons. The summed E-state index contributed by atoms with van der Waals surface area (Å²) in [7, 11) is 1.69. The van der Waals surface area contributed by atoms with Crippen molar-refractivity contribution in [1.29, 1.82) is 0 Å². The predicted molar refractivity (Wildman–Crippen MR) is 131 cm³/mol. The van der Waals surface area contributed by atoms with E-state index in [-0.39, 0.29) is 35.7 Å². The molecule has 2 aromatic carbocycles. The van der Waals surface area contributed by atoms with Crippen LogP contribution in [0.2, 0.25) is 5.02 Å². The van der Waals surface area contributed by atoms with Crippen LogP contribution in [0.1, 0.15) is 15.9 Å². The Kier molecular flexibility index (Phi) is 9.38. The highest BCUT2D eigenvalue weighted by Gasteiger charge is 2.06. The zero-order valence-electron chi connectivity index (χ0n) is 16.5. The lowest BCUT2D eigenvalue weighted by Crippen LogP contribution is -2.42. The fourth-order valence-electron chi connectivity index (χ4n) is 2.96. The SMILES string of the molecule is CN=C(NCCNC(=O)c1ccc(Cl)cc1)NCCc1c[nH]c2cc(F)ccc12.I. The van der Waals surface area contributed by atoms with E-state index in [0.29, 0.717) is 36.2 Å². The lowest BCUT2D eigenvalue weighted by atomic mass is 10.1. The molecular weight excluding hydrogens is 520 g/mol. The minimum Gasteiger partial charge on any atom is -0.361 e. The van der Waals surface area contributed by atoms with Crippen molar-refractivity contribution in [3.63, 3.8) is 0 Å². The summed E-state index contributed by atoms with van der Waals surface area (Å²) in [6.07, 6.45) is 2.66. The number of nitrogens with one attached hydrogen (secondary N) is 4. The first-order chi connectivity index (χ1) is 14.1. The summed E-state index contributed by atoms with van der Waals surface area (Å²) < 4.78 is 13.3. The number of aromatic amines is 1. The van der Waals surface area contributed by atoms with E-state index in [1.54, 1.807) is 37.4 Å². The van der Waals surface area contributed by atoms with Crippen LogP contribution in [-0.2, 0) is 6.42 Å². The number of carbonyl (C=O) groups excluding carboxylic acids is 1. The van der Waals surface area contributed by atoms with Gasteiger partial charge < -0.3 is 20.9 Å². The van der Waals surface area contributed by atoms with Crippen molar-refractivity contribution in [1.82, 2.24) is 20.9 Å². The summed E-state index contributed by atoms with van der Waals surface area (Å²) in [4.78, 5) is 19.3. The Bertz CT molecular complexity index is 1010. The summed E-state index contributed by atoms with van der Waals surface area (Å²) in [5, 5.41) is 10.8. The highest BCUT2D eigenvalue weighted by atomic mass is 127. The molecule has 9 heteroatoms. The predicted octanol–water partition coefficient (Wildman–Crippen LogP) is 3.72. The monoisotopic (exact) mass is 543 g/mol. The van der Waals surface area contributed by atoms with E-state index in [4.69, 9.17) is 11.6 Å². The molecule has 0 aliphatic rings. The lowest BCUT2D eigenvalue weighted by molar-refractivity contribution is 0.0954. The number of rotatable bonds is 7. The van der Waals surface area contributed by atoms with E-state index in [0.717, 1.165) is 22.9 Å². The van der Waals surface area contributed by atoms with E-state index in [2.05, 4.69) is 25.9 Å². The van der Waals surface area contributed by atoms with Gasteiger partial charge in [-0.05, 0) is 54.4 Å². The third kappa shape index (κ3) is 6.60. The van der Waals surface area contributed by atoms with E-state index in [1.165, 1.54) is 12.1 Å². The number of carbonyl (C=O) groups is 1. The standard InChI is InChI=1S/C21H23ClFN5O.HI/c1-24-21(27-11-10-25-20(29)14-2-4-16(22)5-3-14)26-9-8-15-13-28-19-12-17(23)6-7-18(15)19;/h2-7,12-13,28H,8-11H2,1H3,(H,25,29)(H2,24,26,27);1H. The summed E-state index contributed by atoms with van der Waals surface area (Å²) in [6.45, 7) is 1.66. The number of aromatic nitrogens is 1. The molecule has 0 spiro atoms. The normalized spacial score (nSPS) is 11.1. The van der Waals surface area contributed by atoms with Gasteiger partial charge in [0.2, 0.25) is 0 Å². The quantitative estimate of drug-likeness (QED) is 0.159. The van der Waals surface area contributed by atoms with E-state index < -0.39 is 0 Å². The molecule has 0 bridgehead atoms. The second-order valence-electron chi connectivity index (χ2n) is 6.44. The zero-order valence-corrected chi connectivity index (χ0v) is 19.6. The van der Waals surface area contributed by atoms with Crippen LogP contribution in [-0.4, -0.2) is 43.5 Å². The fraction of sp³-hybridized carbons (Fsp3) is 0.238. The third-order valence-corrected chi connectivity index (χ3v) is 4.70. The number of aliphatic imine (C=N–C) groups is 1. The number of benzene rings is 2. The Morgan fingerprint density at radius 3 is 2.50 bits per heavy atom. The van der Waals surface area contributed by atoms with Crippen molar-refractivity contribution < 1.29 is 9.18 Å². The van der Waals surface area contributed by atoms with Crippen LogP contribution >= 0.6 is 35.6 Å². The molecule has 0 unspecified atom stereocenters. The van der Waals surface area contributed by atoms with Crippen LogP contribution in [0.3, 0.4) is 0 Å². The number of fused-ring (bicyclic) bond motifs is 1. The Balaban J connectivity index is 0.00000320. The van der Waals surface area contributed by atoms with Crippen molar-refractivity contribution in [2.24, 2.45) is 4.99 Å². The maximum Gasteiger partial charge on any atom is 0.251 e. The Morgan fingerprint density at radius 1 is 1.07 bits per heavy atom.